The average molecular weight is 268 g/mol. The van der Waals surface area contributed by atoms with Crippen molar-refractivity contribution in [3.05, 3.63) is 29.8 Å². The number of rotatable bonds is 5. The minimum absolute atomic E-state index is 0.312. The molecule has 1 unspecified atom stereocenters. The van der Waals surface area contributed by atoms with Crippen molar-refractivity contribution in [1.82, 2.24) is 5.32 Å². The highest BCUT2D eigenvalue weighted by atomic mass is 32.2. The Bertz CT molecular complexity index is 476. The molecule has 0 radical (unpaired) electrons. The van der Waals surface area contributed by atoms with Crippen LogP contribution in [0, 0.1) is 0 Å². The zero-order chi connectivity index (χ0) is 13.0. The molecule has 1 fully saturated rings. The Morgan fingerprint density at radius 1 is 1.33 bits per heavy atom. The van der Waals surface area contributed by atoms with E-state index in [0.717, 1.165) is 19.4 Å². The maximum atomic E-state index is 12.1. The molecule has 0 amide bonds. The van der Waals surface area contributed by atoms with E-state index >= 15 is 0 Å². The summed E-state index contributed by atoms with van der Waals surface area (Å²) in [4.78, 5) is 0. The van der Waals surface area contributed by atoms with Crippen molar-refractivity contribution in [3.8, 4) is 0 Å². The van der Waals surface area contributed by atoms with Gasteiger partial charge in [0.15, 0.2) is 0 Å². The lowest BCUT2D eigenvalue weighted by Crippen LogP contribution is -2.29. The van der Waals surface area contributed by atoms with E-state index in [-0.39, 0.29) is 5.25 Å². The van der Waals surface area contributed by atoms with Gasteiger partial charge in [-0.3, -0.25) is 4.72 Å². The van der Waals surface area contributed by atoms with E-state index in [1.54, 1.807) is 0 Å². The van der Waals surface area contributed by atoms with Gasteiger partial charge in [-0.25, -0.2) is 8.42 Å². The molecule has 2 rings (SSSR count). The van der Waals surface area contributed by atoms with Crippen LogP contribution in [0.4, 0.5) is 5.69 Å². The summed E-state index contributed by atoms with van der Waals surface area (Å²) in [5, 5.41) is 2.76. The Labute approximate surface area is 109 Å². The molecule has 0 saturated carbocycles. The summed E-state index contributed by atoms with van der Waals surface area (Å²) in [6.45, 7) is 3.45. The predicted octanol–water partition coefficient (Wildman–Crippen LogP) is 1.74. The molecule has 0 aromatic heterocycles. The molecule has 18 heavy (non-hydrogen) atoms. The van der Waals surface area contributed by atoms with Gasteiger partial charge in [-0.1, -0.05) is 25.5 Å². The summed E-state index contributed by atoms with van der Waals surface area (Å²) in [6, 6.07) is 7.64. The Morgan fingerprint density at radius 2 is 2.06 bits per heavy atom. The number of hydrogen-bond acceptors (Lipinski definition) is 3. The van der Waals surface area contributed by atoms with Crippen molar-refractivity contribution in [2.24, 2.45) is 0 Å². The van der Waals surface area contributed by atoms with Crippen LogP contribution in [-0.4, -0.2) is 26.8 Å². The molecule has 4 nitrogen and oxygen atoms in total. The van der Waals surface area contributed by atoms with Crippen molar-refractivity contribution in [2.45, 2.75) is 31.4 Å². The van der Waals surface area contributed by atoms with Crippen LogP contribution in [0.1, 0.15) is 25.3 Å². The van der Waals surface area contributed by atoms with Crippen LogP contribution < -0.4 is 10.0 Å². The summed E-state index contributed by atoms with van der Waals surface area (Å²) in [7, 11) is -3.25. The van der Waals surface area contributed by atoms with Crippen LogP contribution in [0.25, 0.3) is 0 Å². The van der Waals surface area contributed by atoms with Crippen molar-refractivity contribution < 1.29 is 8.42 Å². The van der Waals surface area contributed by atoms with Gasteiger partial charge < -0.3 is 5.32 Å². The van der Waals surface area contributed by atoms with Gasteiger partial charge in [0.25, 0.3) is 0 Å². The second-order valence-corrected chi connectivity index (χ2v) is 6.67. The first kappa shape index (κ1) is 13.4. The van der Waals surface area contributed by atoms with Crippen LogP contribution in [0.3, 0.4) is 0 Å². The van der Waals surface area contributed by atoms with Crippen molar-refractivity contribution in [3.63, 3.8) is 0 Å². The van der Waals surface area contributed by atoms with Crippen LogP contribution in [0.5, 0.6) is 0 Å². The predicted molar refractivity (Wildman–Crippen MR) is 74.3 cm³/mol. The lowest BCUT2D eigenvalue weighted by atomic mass is 10.1. The fraction of sp³-hybridized carbons (Fsp3) is 0.538. The van der Waals surface area contributed by atoms with Gasteiger partial charge in [0.1, 0.15) is 0 Å². The van der Waals surface area contributed by atoms with Crippen molar-refractivity contribution in [1.29, 1.82) is 0 Å². The number of anilines is 1. The third-order valence-corrected chi connectivity index (χ3v) is 5.01. The largest absolute Gasteiger partial charge is 0.315 e. The Balaban J connectivity index is 2.04. The topological polar surface area (TPSA) is 58.2 Å². The van der Waals surface area contributed by atoms with E-state index in [1.807, 2.05) is 24.3 Å². The average Bonchev–Trinajstić information content (AvgIpc) is 2.86. The lowest BCUT2D eigenvalue weighted by molar-refractivity contribution is 0.588. The Morgan fingerprint density at radius 3 is 2.61 bits per heavy atom. The molecule has 0 aliphatic carbocycles. The van der Waals surface area contributed by atoms with Gasteiger partial charge in [-0.15, -0.1) is 0 Å². The fourth-order valence-corrected chi connectivity index (χ4v) is 3.57. The van der Waals surface area contributed by atoms with Crippen LogP contribution in [-0.2, 0) is 16.4 Å². The van der Waals surface area contributed by atoms with Gasteiger partial charge in [-0.05, 0) is 37.1 Å². The quantitative estimate of drug-likeness (QED) is 0.855. The minimum Gasteiger partial charge on any atom is -0.315 e. The highest BCUT2D eigenvalue weighted by Crippen LogP contribution is 2.17. The summed E-state index contributed by atoms with van der Waals surface area (Å²) in [5.74, 6) is 0. The standard InChI is InChI=1S/C13H20N2O2S/c1-2-3-11-4-6-12(7-5-11)15-18(16,17)13-8-9-14-10-13/h4-7,13-15H,2-3,8-10H2,1H3. The Hall–Kier alpha value is -1.07. The second kappa shape index (κ2) is 5.71. The van der Waals surface area contributed by atoms with Crippen LogP contribution in [0.15, 0.2) is 24.3 Å². The van der Waals surface area contributed by atoms with Gasteiger partial charge >= 0.3 is 0 Å². The van der Waals surface area contributed by atoms with E-state index in [1.165, 1.54) is 5.56 Å². The van der Waals surface area contributed by atoms with E-state index in [9.17, 15) is 8.42 Å². The molecule has 1 aliphatic heterocycles. The molecule has 100 valence electrons. The number of benzene rings is 1. The van der Waals surface area contributed by atoms with E-state index in [2.05, 4.69) is 17.0 Å². The van der Waals surface area contributed by atoms with Gasteiger partial charge in [-0.2, -0.15) is 0 Å². The number of sulfonamides is 1. The van der Waals surface area contributed by atoms with Crippen molar-refractivity contribution in [2.75, 3.05) is 17.8 Å². The van der Waals surface area contributed by atoms with E-state index < -0.39 is 10.0 Å². The monoisotopic (exact) mass is 268 g/mol. The maximum absolute atomic E-state index is 12.1. The first-order valence-electron chi connectivity index (χ1n) is 6.43. The second-order valence-electron chi connectivity index (χ2n) is 4.71. The zero-order valence-electron chi connectivity index (χ0n) is 10.6. The molecule has 1 aliphatic rings. The number of nitrogens with one attached hydrogen (secondary N) is 2. The lowest BCUT2D eigenvalue weighted by Gasteiger charge is -2.13. The molecular weight excluding hydrogens is 248 g/mol. The summed E-state index contributed by atoms with van der Waals surface area (Å²) >= 11 is 0. The molecule has 1 aromatic carbocycles. The van der Waals surface area contributed by atoms with E-state index in [4.69, 9.17) is 0 Å². The first-order chi connectivity index (χ1) is 8.62. The van der Waals surface area contributed by atoms with Crippen molar-refractivity contribution >= 4 is 15.7 Å². The maximum Gasteiger partial charge on any atom is 0.236 e. The fourth-order valence-electron chi connectivity index (χ4n) is 2.17. The number of aryl methyl sites for hydroxylation is 1. The van der Waals surface area contributed by atoms with E-state index in [0.29, 0.717) is 18.7 Å². The number of hydrogen-bond donors (Lipinski definition) is 2. The molecule has 1 atom stereocenters. The normalized spacial score (nSPS) is 19.9. The minimum atomic E-state index is -3.25. The van der Waals surface area contributed by atoms with Gasteiger partial charge in [0.2, 0.25) is 10.0 Å². The smallest absolute Gasteiger partial charge is 0.236 e. The van der Waals surface area contributed by atoms with Gasteiger partial charge in [0, 0.05) is 12.2 Å². The molecule has 2 N–H and O–H groups in total. The molecule has 0 spiro atoms. The van der Waals surface area contributed by atoms with Crippen LogP contribution in [0.2, 0.25) is 0 Å². The highest BCUT2D eigenvalue weighted by molar-refractivity contribution is 7.93. The molecular formula is C13H20N2O2S. The summed E-state index contributed by atoms with van der Waals surface area (Å²) in [6.07, 6.45) is 2.81. The van der Waals surface area contributed by atoms with Gasteiger partial charge in [0.05, 0.1) is 5.25 Å². The first-order valence-corrected chi connectivity index (χ1v) is 7.98. The molecule has 5 heteroatoms. The SMILES string of the molecule is CCCc1ccc(NS(=O)(=O)C2CCNC2)cc1. The summed E-state index contributed by atoms with van der Waals surface area (Å²) < 4.78 is 26.8. The highest BCUT2D eigenvalue weighted by Gasteiger charge is 2.28. The zero-order valence-corrected chi connectivity index (χ0v) is 11.5. The Kier molecular flexibility index (Phi) is 4.24. The third kappa shape index (κ3) is 3.23. The third-order valence-electron chi connectivity index (χ3n) is 3.21. The molecule has 1 heterocycles. The summed E-state index contributed by atoms with van der Waals surface area (Å²) in [5.41, 5.74) is 1.89. The molecule has 1 aromatic rings. The van der Waals surface area contributed by atoms with Crippen LogP contribution >= 0.6 is 0 Å². The molecule has 1 saturated heterocycles. The molecule has 0 bridgehead atoms.